The zero-order valence-corrected chi connectivity index (χ0v) is 40.4. The summed E-state index contributed by atoms with van der Waals surface area (Å²) < 4.78 is 0. The number of hydrogen-bond acceptors (Lipinski definition) is 6. The van der Waals surface area contributed by atoms with E-state index in [4.69, 9.17) is 15.0 Å². The second kappa shape index (κ2) is 19.6. The summed E-state index contributed by atoms with van der Waals surface area (Å²) in [6.45, 7) is 12.9. The molecule has 0 bridgehead atoms. The smallest absolute Gasteiger partial charge is 0.164 e. The number of benzene rings is 7. The maximum atomic E-state index is 5.29. The fraction of sp³-hybridized carbons (Fsp3) is 0.159. The van der Waals surface area contributed by atoms with Gasteiger partial charge in [0.15, 0.2) is 17.5 Å². The van der Waals surface area contributed by atoms with Crippen LogP contribution in [0.4, 0.5) is 39.8 Å². The largest absolute Gasteiger partial charge is 0.334 e. The Balaban J connectivity index is 1.04. The SMILES string of the molecule is Cc1cccc(N(C2=CC=C(c3nc(C4=CCC(N(c5cccc(C)c5)c5cccc(C)c5)C=C4)nc(-c4ccc(N(c5cccc(C)c5)c5cccc(C)c5)cc4)n3)CC2)c2cccc(C)c2)c1. The van der Waals surface area contributed by atoms with Crippen molar-refractivity contribution in [1.29, 1.82) is 0 Å². The summed E-state index contributed by atoms with van der Waals surface area (Å²) in [7, 11) is 0. The molecular formula is C63H58N6. The van der Waals surface area contributed by atoms with Gasteiger partial charge in [0.25, 0.3) is 0 Å². The zero-order valence-electron chi connectivity index (χ0n) is 40.4. The molecule has 0 spiro atoms. The quantitative estimate of drug-likeness (QED) is 0.122. The van der Waals surface area contributed by atoms with E-state index in [-0.39, 0.29) is 6.04 Å². The summed E-state index contributed by atoms with van der Waals surface area (Å²) >= 11 is 0. The Bertz CT molecular complexity index is 3170. The third kappa shape index (κ3) is 9.98. The summed E-state index contributed by atoms with van der Waals surface area (Å²) in [5, 5.41) is 0. The second-order valence-corrected chi connectivity index (χ2v) is 18.6. The number of aryl methyl sites for hydroxylation is 6. The molecule has 2 aliphatic carbocycles. The molecular weight excluding hydrogens is 841 g/mol. The monoisotopic (exact) mass is 898 g/mol. The van der Waals surface area contributed by atoms with Gasteiger partial charge in [-0.25, -0.2) is 15.0 Å². The lowest BCUT2D eigenvalue weighted by atomic mass is 9.98. The number of nitrogens with zero attached hydrogens (tertiary/aromatic N) is 6. The van der Waals surface area contributed by atoms with Gasteiger partial charge in [0.1, 0.15) is 0 Å². The average Bonchev–Trinajstić information content (AvgIpc) is 3.35. The fourth-order valence-corrected chi connectivity index (χ4v) is 9.59. The summed E-state index contributed by atoms with van der Waals surface area (Å²) in [5.74, 6) is 2.02. The van der Waals surface area contributed by atoms with Crippen molar-refractivity contribution >= 4 is 51.0 Å². The van der Waals surface area contributed by atoms with Gasteiger partial charge in [-0.1, -0.05) is 97.1 Å². The topological polar surface area (TPSA) is 48.4 Å². The van der Waals surface area contributed by atoms with E-state index in [2.05, 4.69) is 256 Å². The normalized spacial score (nSPS) is 14.4. The highest BCUT2D eigenvalue weighted by Crippen LogP contribution is 2.40. The van der Waals surface area contributed by atoms with Crippen LogP contribution in [0.2, 0.25) is 0 Å². The number of hydrogen-bond donors (Lipinski definition) is 0. The minimum atomic E-state index is 0.102. The minimum Gasteiger partial charge on any atom is -0.334 e. The predicted octanol–water partition coefficient (Wildman–Crippen LogP) is 16.3. The molecule has 6 nitrogen and oxygen atoms in total. The third-order valence-electron chi connectivity index (χ3n) is 13.0. The number of allylic oxidation sites excluding steroid dienone is 6. The molecule has 1 heterocycles. The standard InChI is InChI=1S/C63H58N6/c1-43-13-7-19-55(37-43)67(56-20-8-14-44(2)38-56)52-31-25-49(26-32-52)61-64-62(50-27-33-53(34-28-50)68(57-21-9-15-45(3)39-57)58-22-10-16-46(4)40-58)66-63(65-61)51-29-35-54(36-30-51)69(59-23-11-17-47(5)41-59)60-24-12-18-48(6)42-60/h7-29,31-33,35,37-42,53H,30,34,36H2,1-6H3. The van der Waals surface area contributed by atoms with Crippen LogP contribution in [0, 0.1) is 41.5 Å². The first kappa shape index (κ1) is 44.7. The van der Waals surface area contributed by atoms with E-state index in [1.54, 1.807) is 0 Å². The van der Waals surface area contributed by atoms with Crippen LogP contribution in [0.5, 0.6) is 0 Å². The van der Waals surface area contributed by atoms with E-state index in [0.29, 0.717) is 17.5 Å². The average molecular weight is 899 g/mol. The molecule has 0 saturated heterocycles. The van der Waals surface area contributed by atoms with Crippen LogP contribution in [0.25, 0.3) is 22.5 Å². The van der Waals surface area contributed by atoms with E-state index in [1.807, 2.05) is 0 Å². The van der Waals surface area contributed by atoms with Crippen molar-refractivity contribution in [2.45, 2.75) is 66.8 Å². The van der Waals surface area contributed by atoms with E-state index >= 15 is 0 Å². The molecule has 1 aromatic heterocycles. The fourth-order valence-electron chi connectivity index (χ4n) is 9.59. The lowest BCUT2D eigenvalue weighted by molar-refractivity contribution is 0.785. The van der Waals surface area contributed by atoms with Crippen molar-refractivity contribution in [2.75, 3.05) is 14.7 Å². The Morgan fingerprint density at radius 1 is 0.406 bits per heavy atom. The second-order valence-electron chi connectivity index (χ2n) is 18.6. The Morgan fingerprint density at radius 2 is 0.841 bits per heavy atom. The van der Waals surface area contributed by atoms with Crippen LogP contribution in [0.1, 0.15) is 64.3 Å². The van der Waals surface area contributed by atoms with Crippen molar-refractivity contribution in [3.8, 4) is 11.4 Å². The molecule has 1 atom stereocenters. The first-order valence-electron chi connectivity index (χ1n) is 24.1. The van der Waals surface area contributed by atoms with Crippen LogP contribution in [0.15, 0.2) is 206 Å². The highest BCUT2D eigenvalue weighted by molar-refractivity contribution is 5.80. The highest BCUT2D eigenvalue weighted by atomic mass is 15.2. The molecule has 0 amide bonds. The minimum absolute atomic E-state index is 0.102. The van der Waals surface area contributed by atoms with E-state index < -0.39 is 0 Å². The van der Waals surface area contributed by atoms with Crippen LogP contribution in [-0.2, 0) is 0 Å². The Labute approximate surface area is 408 Å². The highest BCUT2D eigenvalue weighted by Gasteiger charge is 2.25. The van der Waals surface area contributed by atoms with Gasteiger partial charge in [-0.15, -0.1) is 0 Å². The number of aromatic nitrogens is 3. The molecule has 69 heavy (non-hydrogen) atoms. The molecule has 340 valence electrons. The Morgan fingerprint density at radius 3 is 1.28 bits per heavy atom. The van der Waals surface area contributed by atoms with Crippen LogP contribution < -0.4 is 14.7 Å². The maximum Gasteiger partial charge on any atom is 0.164 e. The first-order chi connectivity index (χ1) is 33.6. The molecule has 2 aliphatic rings. The van der Waals surface area contributed by atoms with Gasteiger partial charge < -0.3 is 14.7 Å². The van der Waals surface area contributed by atoms with E-state index in [1.165, 1.54) is 50.5 Å². The molecule has 10 rings (SSSR count). The molecule has 7 aromatic carbocycles. The molecule has 6 heteroatoms. The van der Waals surface area contributed by atoms with E-state index in [9.17, 15) is 0 Å². The molecule has 0 fully saturated rings. The van der Waals surface area contributed by atoms with Gasteiger partial charge in [0.05, 0.1) is 6.04 Å². The zero-order chi connectivity index (χ0) is 47.4. The van der Waals surface area contributed by atoms with Crippen molar-refractivity contribution in [3.05, 3.63) is 251 Å². The molecule has 8 aromatic rings. The first-order valence-corrected chi connectivity index (χ1v) is 24.1. The van der Waals surface area contributed by atoms with Gasteiger partial charge in [0.2, 0.25) is 0 Å². The van der Waals surface area contributed by atoms with Crippen molar-refractivity contribution in [1.82, 2.24) is 15.0 Å². The van der Waals surface area contributed by atoms with E-state index in [0.717, 1.165) is 64.4 Å². The van der Waals surface area contributed by atoms with Crippen LogP contribution in [0.3, 0.4) is 0 Å². The molecule has 1 unspecified atom stereocenters. The van der Waals surface area contributed by atoms with Crippen LogP contribution >= 0.6 is 0 Å². The van der Waals surface area contributed by atoms with Gasteiger partial charge in [-0.2, -0.15) is 0 Å². The summed E-state index contributed by atoms with van der Waals surface area (Å²) in [4.78, 5) is 23.0. The van der Waals surface area contributed by atoms with Crippen molar-refractivity contribution < 1.29 is 0 Å². The third-order valence-corrected chi connectivity index (χ3v) is 13.0. The van der Waals surface area contributed by atoms with Crippen molar-refractivity contribution in [3.63, 3.8) is 0 Å². The predicted molar refractivity (Wildman–Crippen MR) is 289 cm³/mol. The molecule has 0 N–H and O–H groups in total. The molecule has 0 saturated carbocycles. The summed E-state index contributed by atoms with van der Waals surface area (Å²) in [6.07, 6.45) is 13.7. The summed E-state index contributed by atoms with van der Waals surface area (Å²) in [6, 6.07) is 61.1. The lowest BCUT2D eigenvalue weighted by Gasteiger charge is -2.33. The maximum absolute atomic E-state index is 5.29. The van der Waals surface area contributed by atoms with Gasteiger partial charge >= 0.3 is 0 Å². The number of rotatable bonds is 12. The van der Waals surface area contributed by atoms with Crippen LogP contribution in [-0.4, -0.2) is 21.0 Å². The Hall–Kier alpha value is -8.09. The Kier molecular flexibility index (Phi) is 12.7. The van der Waals surface area contributed by atoms with Gasteiger partial charge in [-0.3, -0.25) is 0 Å². The van der Waals surface area contributed by atoms with Gasteiger partial charge in [-0.05, 0) is 203 Å². The number of anilines is 7. The van der Waals surface area contributed by atoms with Crippen molar-refractivity contribution in [2.24, 2.45) is 0 Å². The van der Waals surface area contributed by atoms with Gasteiger partial charge in [0, 0.05) is 56.6 Å². The lowest BCUT2D eigenvalue weighted by Crippen LogP contribution is -2.30. The molecule has 0 aliphatic heterocycles. The molecule has 0 radical (unpaired) electrons. The summed E-state index contributed by atoms with van der Waals surface area (Å²) in [5.41, 5.74) is 19.5.